The van der Waals surface area contributed by atoms with Gasteiger partial charge in [0.25, 0.3) is 5.69 Å². The maximum absolute atomic E-state index is 13.2. The van der Waals surface area contributed by atoms with E-state index in [0.29, 0.717) is 18.5 Å². The lowest BCUT2D eigenvalue weighted by Crippen LogP contribution is -2.50. The van der Waals surface area contributed by atoms with Gasteiger partial charge in [0.15, 0.2) is 0 Å². The van der Waals surface area contributed by atoms with Gasteiger partial charge < -0.3 is 14.5 Å². The number of carbonyl (C=O) groups is 2. The van der Waals surface area contributed by atoms with Gasteiger partial charge in [-0.3, -0.25) is 19.7 Å². The van der Waals surface area contributed by atoms with Crippen LogP contribution in [0.25, 0.3) is 0 Å². The molecule has 0 radical (unpaired) electrons. The van der Waals surface area contributed by atoms with Gasteiger partial charge in [0.2, 0.25) is 12.3 Å². The highest BCUT2D eigenvalue weighted by molar-refractivity contribution is 5.79. The number of nitrogens with zero attached hydrogens (tertiary/aromatic N) is 4. The molecule has 1 aliphatic rings. The number of benzene rings is 1. The fourth-order valence-electron chi connectivity index (χ4n) is 4.16. The minimum atomic E-state index is -0.517. The van der Waals surface area contributed by atoms with Gasteiger partial charge >= 0.3 is 0 Å². The number of likely N-dealkylation sites (N-methyl/N-ethyl adjacent to an activating group) is 1. The number of ether oxygens (including phenoxy) is 1. The zero-order chi connectivity index (χ0) is 22.3. The number of hydrogen-bond donors (Lipinski definition) is 0. The Kier molecular flexibility index (Phi) is 8.30. The molecule has 30 heavy (non-hydrogen) atoms. The van der Waals surface area contributed by atoms with Crippen molar-refractivity contribution in [1.82, 2.24) is 9.80 Å². The van der Waals surface area contributed by atoms with Crippen LogP contribution in [0.15, 0.2) is 24.3 Å². The fourth-order valence-corrected chi connectivity index (χ4v) is 4.16. The summed E-state index contributed by atoms with van der Waals surface area (Å²) in [5.74, 6) is -0.706. The maximum atomic E-state index is 13.2. The molecule has 162 valence electrons. The number of non-ortho nitro benzene ring substituents is 1. The summed E-state index contributed by atoms with van der Waals surface area (Å²) in [6.45, 7) is 2.42. The van der Waals surface area contributed by atoms with Crippen molar-refractivity contribution in [3.05, 3.63) is 39.9 Å². The van der Waals surface area contributed by atoms with Crippen LogP contribution >= 0.6 is 0 Å². The van der Waals surface area contributed by atoms with Crippen molar-refractivity contribution in [3.63, 3.8) is 0 Å². The number of carbonyl (C=O) groups excluding carboxylic acids is 2. The molecule has 1 aromatic carbocycles. The zero-order valence-electron chi connectivity index (χ0n) is 17.6. The van der Waals surface area contributed by atoms with Crippen molar-refractivity contribution >= 4 is 18.0 Å². The van der Waals surface area contributed by atoms with Crippen LogP contribution in [0.2, 0.25) is 0 Å². The highest BCUT2D eigenvalue weighted by Gasteiger charge is 2.39. The third-order valence-corrected chi connectivity index (χ3v) is 5.83. The molecule has 4 unspecified atom stereocenters. The summed E-state index contributed by atoms with van der Waals surface area (Å²) in [5, 5.41) is 20.3. The van der Waals surface area contributed by atoms with Crippen molar-refractivity contribution < 1.29 is 19.2 Å². The number of hydrogen-bond acceptors (Lipinski definition) is 6. The number of rotatable bonds is 10. The van der Waals surface area contributed by atoms with E-state index in [1.807, 2.05) is 0 Å². The molecule has 0 aliphatic carbocycles. The first-order valence-corrected chi connectivity index (χ1v) is 9.94. The molecule has 0 aromatic heterocycles. The average Bonchev–Trinajstić information content (AvgIpc) is 3.21. The first-order chi connectivity index (χ1) is 14.3. The molecule has 0 bridgehead atoms. The number of nitro benzene ring substituents is 1. The molecule has 4 atom stereocenters. The van der Waals surface area contributed by atoms with E-state index >= 15 is 0 Å². The second-order valence-corrected chi connectivity index (χ2v) is 7.64. The molecule has 1 aliphatic heterocycles. The number of nitro groups is 1. The fraction of sp³-hybridized carbons (Fsp3) is 0.571. The van der Waals surface area contributed by atoms with Gasteiger partial charge in [-0.2, -0.15) is 5.26 Å². The van der Waals surface area contributed by atoms with Gasteiger partial charge in [-0.05, 0) is 24.8 Å². The lowest BCUT2D eigenvalue weighted by molar-refractivity contribution is -0.384. The molecule has 1 aromatic rings. The molecular weight excluding hydrogens is 388 g/mol. The summed E-state index contributed by atoms with van der Waals surface area (Å²) in [6, 6.07) is 7.72. The summed E-state index contributed by atoms with van der Waals surface area (Å²) < 4.78 is 5.61. The van der Waals surface area contributed by atoms with E-state index in [1.54, 1.807) is 31.0 Å². The van der Waals surface area contributed by atoms with Crippen LogP contribution < -0.4 is 0 Å². The van der Waals surface area contributed by atoms with Gasteiger partial charge in [-0.25, -0.2) is 0 Å². The Morgan fingerprint density at radius 3 is 2.87 bits per heavy atom. The van der Waals surface area contributed by atoms with Crippen molar-refractivity contribution in [1.29, 1.82) is 5.26 Å². The van der Waals surface area contributed by atoms with Crippen molar-refractivity contribution in [2.45, 2.75) is 50.8 Å². The SMILES string of the molecule is COC(C(C)C(=O)N(C)C(CC#N)Cc1cccc([N+](=O)[O-])c1)C1CCCN1C=O. The smallest absolute Gasteiger partial charge is 0.269 e. The second-order valence-electron chi connectivity index (χ2n) is 7.64. The Balaban J connectivity index is 2.16. The molecule has 0 spiro atoms. The second kappa shape index (κ2) is 10.7. The van der Waals surface area contributed by atoms with E-state index in [4.69, 9.17) is 4.74 Å². The van der Waals surface area contributed by atoms with E-state index in [1.165, 1.54) is 24.1 Å². The standard InChI is InChI=1S/C21H28N4O5/c1-15(20(30-3)19-8-5-11-24(19)14-26)21(27)23(2)17(9-10-22)12-16-6-4-7-18(13-16)25(28)29/h4,6-7,13-15,17,19-20H,5,8-9,11-12H2,1-3H3. The van der Waals surface area contributed by atoms with Crippen LogP contribution in [0.1, 0.15) is 31.7 Å². The van der Waals surface area contributed by atoms with Crippen molar-refractivity contribution in [2.75, 3.05) is 20.7 Å². The molecule has 9 nitrogen and oxygen atoms in total. The lowest BCUT2D eigenvalue weighted by atomic mass is 9.93. The normalized spacial score (nSPS) is 18.9. The molecule has 2 rings (SSSR count). The van der Waals surface area contributed by atoms with Gasteiger partial charge in [-0.15, -0.1) is 0 Å². The van der Waals surface area contributed by atoms with E-state index in [0.717, 1.165) is 19.3 Å². The average molecular weight is 416 g/mol. The predicted molar refractivity (Wildman–Crippen MR) is 109 cm³/mol. The van der Waals surface area contributed by atoms with Crippen LogP contribution in [0.5, 0.6) is 0 Å². The quantitative estimate of drug-likeness (QED) is 0.328. The Morgan fingerprint density at radius 1 is 1.53 bits per heavy atom. The number of nitriles is 1. The molecule has 2 amide bonds. The Morgan fingerprint density at radius 2 is 2.27 bits per heavy atom. The minimum absolute atomic E-state index is 0.0276. The largest absolute Gasteiger partial charge is 0.378 e. The van der Waals surface area contributed by atoms with Crippen LogP contribution in [0.3, 0.4) is 0 Å². The molecular formula is C21H28N4O5. The van der Waals surface area contributed by atoms with Crippen LogP contribution in [0, 0.1) is 27.4 Å². The molecule has 9 heteroatoms. The Labute approximate surface area is 176 Å². The van der Waals surface area contributed by atoms with Crippen molar-refractivity contribution in [2.24, 2.45) is 5.92 Å². The highest BCUT2D eigenvalue weighted by atomic mass is 16.6. The molecule has 1 fully saturated rings. The van der Waals surface area contributed by atoms with Crippen LogP contribution in [-0.4, -0.2) is 65.9 Å². The molecule has 0 N–H and O–H groups in total. The van der Waals surface area contributed by atoms with Gasteiger partial charge in [0, 0.05) is 38.9 Å². The number of amides is 2. The summed E-state index contributed by atoms with van der Waals surface area (Å²) in [5.41, 5.74) is 0.656. The lowest BCUT2D eigenvalue weighted by Gasteiger charge is -2.35. The molecule has 0 saturated carbocycles. The van der Waals surface area contributed by atoms with Crippen LogP contribution in [0.4, 0.5) is 5.69 Å². The number of methoxy groups -OCH3 is 1. The van der Waals surface area contributed by atoms with Crippen LogP contribution in [-0.2, 0) is 20.7 Å². The third kappa shape index (κ3) is 5.33. The predicted octanol–water partition coefficient (Wildman–Crippen LogP) is 2.15. The third-order valence-electron chi connectivity index (χ3n) is 5.83. The van der Waals surface area contributed by atoms with Gasteiger partial charge in [0.05, 0.1) is 35.5 Å². The van der Waals surface area contributed by atoms with E-state index < -0.39 is 23.0 Å². The maximum Gasteiger partial charge on any atom is 0.269 e. The van der Waals surface area contributed by atoms with Crippen molar-refractivity contribution in [3.8, 4) is 6.07 Å². The van der Waals surface area contributed by atoms with E-state index in [2.05, 4.69) is 6.07 Å². The summed E-state index contributed by atoms with van der Waals surface area (Å²) in [7, 11) is 3.17. The van der Waals surface area contributed by atoms with E-state index in [-0.39, 0.29) is 24.1 Å². The van der Waals surface area contributed by atoms with Gasteiger partial charge in [-0.1, -0.05) is 19.1 Å². The Hall–Kier alpha value is -2.99. The minimum Gasteiger partial charge on any atom is -0.378 e. The summed E-state index contributed by atoms with van der Waals surface area (Å²) in [4.78, 5) is 38.3. The first kappa shape index (κ1) is 23.3. The Bertz CT molecular complexity index is 809. The van der Waals surface area contributed by atoms with E-state index in [9.17, 15) is 25.0 Å². The number of likely N-dealkylation sites (tertiary alicyclic amines) is 1. The van der Waals surface area contributed by atoms with Gasteiger partial charge in [0.1, 0.15) is 0 Å². The topological polar surface area (TPSA) is 117 Å². The zero-order valence-corrected chi connectivity index (χ0v) is 17.6. The summed E-state index contributed by atoms with van der Waals surface area (Å²) >= 11 is 0. The summed E-state index contributed by atoms with van der Waals surface area (Å²) in [6.07, 6.45) is 2.40. The monoisotopic (exact) mass is 416 g/mol. The first-order valence-electron chi connectivity index (χ1n) is 9.94. The molecule has 1 saturated heterocycles. The molecule has 1 heterocycles. The highest BCUT2D eigenvalue weighted by Crippen LogP contribution is 2.27.